The van der Waals surface area contributed by atoms with Crippen LogP contribution in [0.3, 0.4) is 0 Å². The van der Waals surface area contributed by atoms with Crippen LogP contribution in [0.4, 0.5) is 0 Å². The molecule has 76 valence electrons. The van der Waals surface area contributed by atoms with Crippen molar-refractivity contribution in [2.45, 2.75) is 12.5 Å². The zero-order valence-corrected chi connectivity index (χ0v) is 8.94. The molecule has 0 aromatic heterocycles. The molecule has 0 aliphatic carbocycles. The standard InChI is InChI=1S/C10H13O3P/c1-14(11)12-8-7-10(13-14)9-5-3-2-4-6-9/h2-6,10H,7-8H2,1H3/t10-,14?/m1/s1. The molecule has 1 unspecified atom stereocenters. The fourth-order valence-electron chi connectivity index (χ4n) is 1.54. The van der Waals surface area contributed by atoms with E-state index in [1.165, 1.54) is 6.66 Å². The van der Waals surface area contributed by atoms with Gasteiger partial charge in [0.1, 0.15) is 0 Å². The quantitative estimate of drug-likeness (QED) is 0.671. The van der Waals surface area contributed by atoms with Crippen molar-refractivity contribution in [2.75, 3.05) is 13.3 Å². The molecule has 0 N–H and O–H groups in total. The van der Waals surface area contributed by atoms with Gasteiger partial charge in [-0.25, -0.2) is 0 Å². The lowest BCUT2D eigenvalue weighted by molar-refractivity contribution is 0.0845. The Morgan fingerprint density at radius 1 is 1.36 bits per heavy atom. The van der Waals surface area contributed by atoms with Gasteiger partial charge in [0.15, 0.2) is 0 Å². The second-order valence-electron chi connectivity index (χ2n) is 3.40. The van der Waals surface area contributed by atoms with Crippen LogP contribution in [-0.2, 0) is 13.6 Å². The van der Waals surface area contributed by atoms with Gasteiger partial charge in [-0.2, -0.15) is 0 Å². The van der Waals surface area contributed by atoms with Crippen LogP contribution < -0.4 is 0 Å². The summed E-state index contributed by atoms with van der Waals surface area (Å²) < 4.78 is 22.0. The van der Waals surface area contributed by atoms with Gasteiger partial charge >= 0.3 is 7.60 Å². The highest BCUT2D eigenvalue weighted by molar-refractivity contribution is 7.53. The van der Waals surface area contributed by atoms with Crippen molar-refractivity contribution >= 4 is 7.60 Å². The predicted molar refractivity (Wildman–Crippen MR) is 54.4 cm³/mol. The molecule has 0 spiro atoms. The van der Waals surface area contributed by atoms with E-state index in [2.05, 4.69) is 0 Å². The molecule has 1 aliphatic rings. The Labute approximate surface area is 83.6 Å². The van der Waals surface area contributed by atoms with Crippen LogP contribution in [0.1, 0.15) is 18.1 Å². The van der Waals surface area contributed by atoms with Crippen LogP contribution >= 0.6 is 7.60 Å². The minimum Gasteiger partial charge on any atom is -0.309 e. The first kappa shape index (κ1) is 9.91. The molecule has 1 fully saturated rings. The van der Waals surface area contributed by atoms with Crippen molar-refractivity contribution < 1.29 is 13.6 Å². The number of benzene rings is 1. The summed E-state index contributed by atoms with van der Waals surface area (Å²) >= 11 is 0. The van der Waals surface area contributed by atoms with E-state index in [0.717, 1.165) is 12.0 Å². The molecule has 14 heavy (non-hydrogen) atoms. The topological polar surface area (TPSA) is 35.5 Å². The van der Waals surface area contributed by atoms with E-state index in [0.29, 0.717) is 6.61 Å². The summed E-state index contributed by atoms with van der Waals surface area (Å²) in [6.45, 7) is 2.02. The van der Waals surface area contributed by atoms with Gasteiger partial charge in [0, 0.05) is 13.1 Å². The van der Waals surface area contributed by atoms with Crippen LogP contribution in [0.5, 0.6) is 0 Å². The highest BCUT2D eigenvalue weighted by Crippen LogP contribution is 2.52. The summed E-state index contributed by atoms with van der Waals surface area (Å²) in [6.07, 6.45) is 0.683. The lowest BCUT2D eigenvalue weighted by atomic mass is 10.1. The molecule has 1 aromatic rings. The molecule has 1 saturated heterocycles. The van der Waals surface area contributed by atoms with E-state index >= 15 is 0 Å². The van der Waals surface area contributed by atoms with Crippen LogP contribution in [0.25, 0.3) is 0 Å². The van der Waals surface area contributed by atoms with Crippen molar-refractivity contribution in [1.29, 1.82) is 0 Å². The summed E-state index contributed by atoms with van der Waals surface area (Å²) in [5.74, 6) is 0. The molecule has 0 saturated carbocycles. The zero-order chi connectivity index (χ0) is 10.0. The maximum Gasteiger partial charge on any atom is 0.328 e. The van der Waals surface area contributed by atoms with Gasteiger partial charge < -0.3 is 9.05 Å². The van der Waals surface area contributed by atoms with Gasteiger partial charge in [0.2, 0.25) is 0 Å². The number of hydrogen-bond donors (Lipinski definition) is 0. The lowest BCUT2D eigenvalue weighted by Crippen LogP contribution is -2.13. The van der Waals surface area contributed by atoms with Crippen molar-refractivity contribution in [3.63, 3.8) is 0 Å². The van der Waals surface area contributed by atoms with Gasteiger partial charge in [-0.1, -0.05) is 30.3 Å². The normalized spacial score (nSPS) is 32.8. The Balaban J connectivity index is 2.16. The monoisotopic (exact) mass is 212 g/mol. The second kappa shape index (κ2) is 3.85. The minimum atomic E-state index is -2.81. The molecular weight excluding hydrogens is 199 g/mol. The van der Waals surface area contributed by atoms with E-state index in [4.69, 9.17) is 9.05 Å². The van der Waals surface area contributed by atoms with E-state index in [-0.39, 0.29) is 6.10 Å². The molecule has 2 rings (SSSR count). The summed E-state index contributed by atoms with van der Waals surface area (Å²) in [5, 5.41) is 0. The largest absolute Gasteiger partial charge is 0.328 e. The second-order valence-corrected chi connectivity index (χ2v) is 5.41. The molecule has 1 aliphatic heterocycles. The third-order valence-corrected chi connectivity index (χ3v) is 3.48. The van der Waals surface area contributed by atoms with Crippen LogP contribution in [0, 0.1) is 0 Å². The first-order valence-electron chi connectivity index (χ1n) is 4.63. The van der Waals surface area contributed by atoms with Crippen molar-refractivity contribution in [3.8, 4) is 0 Å². The predicted octanol–water partition coefficient (Wildman–Crippen LogP) is 2.99. The fourth-order valence-corrected chi connectivity index (χ4v) is 2.72. The first-order valence-corrected chi connectivity index (χ1v) is 6.62. The number of hydrogen-bond acceptors (Lipinski definition) is 3. The fraction of sp³-hybridized carbons (Fsp3) is 0.400. The molecule has 1 heterocycles. The zero-order valence-electron chi connectivity index (χ0n) is 8.05. The molecule has 0 bridgehead atoms. The maximum absolute atomic E-state index is 11.6. The number of rotatable bonds is 1. The van der Waals surface area contributed by atoms with E-state index in [1.807, 2.05) is 30.3 Å². The maximum atomic E-state index is 11.6. The van der Waals surface area contributed by atoms with E-state index in [9.17, 15) is 4.57 Å². The first-order chi connectivity index (χ1) is 6.67. The average Bonchev–Trinajstić information content (AvgIpc) is 2.18. The smallest absolute Gasteiger partial charge is 0.309 e. The van der Waals surface area contributed by atoms with Crippen molar-refractivity contribution in [3.05, 3.63) is 35.9 Å². The Morgan fingerprint density at radius 2 is 2.07 bits per heavy atom. The molecular formula is C10H13O3P. The molecule has 3 nitrogen and oxygen atoms in total. The van der Waals surface area contributed by atoms with Crippen molar-refractivity contribution in [2.24, 2.45) is 0 Å². The summed E-state index contributed by atoms with van der Waals surface area (Å²) in [6, 6.07) is 9.82. The van der Waals surface area contributed by atoms with Gasteiger partial charge in [-0.15, -0.1) is 0 Å². The van der Waals surface area contributed by atoms with Crippen LogP contribution in [-0.4, -0.2) is 13.3 Å². The highest BCUT2D eigenvalue weighted by atomic mass is 31.2. The SMILES string of the molecule is CP1(=O)OCC[C@H](c2ccccc2)O1. The molecule has 4 heteroatoms. The molecule has 2 atom stereocenters. The summed E-state index contributed by atoms with van der Waals surface area (Å²) in [4.78, 5) is 0. The van der Waals surface area contributed by atoms with Crippen LogP contribution in [0.15, 0.2) is 30.3 Å². The Bertz CT molecular complexity index is 350. The third kappa shape index (κ3) is 2.24. The summed E-state index contributed by atoms with van der Waals surface area (Å²) in [7, 11) is -2.81. The lowest BCUT2D eigenvalue weighted by Gasteiger charge is -2.27. The van der Waals surface area contributed by atoms with E-state index < -0.39 is 7.60 Å². The van der Waals surface area contributed by atoms with Gasteiger partial charge in [-0.05, 0) is 5.56 Å². The van der Waals surface area contributed by atoms with Crippen LogP contribution in [0.2, 0.25) is 0 Å². The third-order valence-electron chi connectivity index (χ3n) is 2.20. The van der Waals surface area contributed by atoms with E-state index in [1.54, 1.807) is 0 Å². The molecule has 0 radical (unpaired) electrons. The molecule has 1 aromatic carbocycles. The van der Waals surface area contributed by atoms with Gasteiger partial charge in [0.25, 0.3) is 0 Å². The Kier molecular flexibility index (Phi) is 2.73. The Morgan fingerprint density at radius 3 is 2.71 bits per heavy atom. The Hall–Kier alpha value is -0.630. The minimum absolute atomic E-state index is 0.0826. The molecule has 0 amide bonds. The van der Waals surface area contributed by atoms with Gasteiger partial charge in [0.05, 0.1) is 12.7 Å². The summed E-state index contributed by atoms with van der Waals surface area (Å²) in [5.41, 5.74) is 1.07. The highest BCUT2D eigenvalue weighted by Gasteiger charge is 2.29. The average molecular weight is 212 g/mol. The van der Waals surface area contributed by atoms with Crippen molar-refractivity contribution in [1.82, 2.24) is 0 Å². The van der Waals surface area contributed by atoms with Gasteiger partial charge in [-0.3, -0.25) is 4.57 Å².